The number of oxazole rings is 1. The number of rotatable bonds is 5. The minimum absolute atomic E-state index is 0.144. The van der Waals surface area contributed by atoms with Crippen molar-refractivity contribution in [1.82, 2.24) is 14.8 Å². The number of carbonyl (C=O) groups excluding carboxylic acids is 1. The normalized spacial score (nSPS) is 16.8. The van der Waals surface area contributed by atoms with Crippen LogP contribution in [0.3, 0.4) is 0 Å². The third kappa shape index (κ3) is 3.92. The minimum Gasteiger partial charge on any atom is -0.431 e. The third-order valence-electron chi connectivity index (χ3n) is 4.76. The van der Waals surface area contributed by atoms with Crippen LogP contribution in [0.25, 0.3) is 11.1 Å². The van der Waals surface area contributed by atoms with E-state index >= 15 is 0 Å². The van der Waals surface area contributed by atoms with E-state index in [0.29, 0.717) is 23.1 Å². The van der Waals surface area contributed by atoms with Crippen LogP contribution in [0.5, 0.6) is 0 Å². The summed E-state index contributed by atoms with van der Waals surface area (Å²) in [6.07, 6.45) is 2.10. The molecule has 0 spiro atoms. The second kappa shape index (κ2) is 7.57. The summed E-state index contributed by atoms with van der Waals surface area (Å²) in [5, 5.41) is 0.563. The van der Waals surface area contributed by atoms with Crippen LogP contribution in [-0.4, -0.2) is 58.7 Å². The Kier molecular flexibility index (Phi) is 5.46. The highest BCUT2D eigenvalue weighted by atomic mass is 32.2. The molecule has 0 N–H and O–H groups in total. The van der Waals surface area contributed by atoms with Gasteiger partial charge in [-0.3, -0.25) is 4.79 Å². The molecule has 5 nitrogen and oxygen atoms in total. The Labute approximate surface area is 147 Å². The number of aromatic nitrogens is 1. The summed E-state index contributed by atoms with van der Waals surface area (Å²) in [7, 11) is 1.92. The molecule has 0 unspecified atom stereocenters. The Morgan fingerprint density at radius 2 is 2.08 bits per heavy atom. The zero-order chi connectivity index (χ0) is 17.1. The summed E-state index contributed by atoms with van der Waals surface area (Å²) < 4.78 is 5.66. The van der Waals surface area contributed by atoms with Crippen molar-refractivity contribution in [2.45, 2.75) is 44.0 Å². The van der Waals surface area contributed by atoms with Gasteiger partial charge in [-0.2, -0.15) is 0 Å². The first-order valence-electron chi connectivity index (χ1n) is 8.52. The lowest BCUT2D eigenvalue weighted by Crippen LogP contribution is -2.47. The number of likely N-dealkylation sites (tertiary alicyclic amines) is 1. The van der Waals surface area contributed by atoms with Gasteiger partial charge in [-0.15, -0.1) is 0 Å². The number of benzene rings is 1. The monoisotopic (exact) mass is 347 g/mol. The molecule has 1 aliphatic rings. The molecular formula is C18H25N3O2S. The van der Waals surface area contributed by atoms with Crippen LogP contribution < -0.4 is 0 Å². The number of hydrogen-bond acceptors (Lipinski definition) is 5. The van der Waals surface area contributed by atoms with Crippen LogP contribution in [0, 0.1) is 0 Å². The van der Waals surface area contributed by atoms with Gasteiger partial charge in [-0.25, -0.2) is 4.98 Å². The van der Waals surface area contributed by atoms with Crippen molar-refractivity contribution in [2.75, 3.05) is 25.9 Å². The summed E-state index contributed by atoms with van der Waals surface area (Å²) in [5.74, 6) is 0.513. The molecule has 1 fully saturated rings. The highest BCUT2D eigenvalue weighted by molar-refractivity contribution is 7.99. The van der Waals surface area contributed by atoms with Gasteiger partial charge in [-0.1, -0.05) is 23.9 Å². The molecule has 1 aromatic heterocycles. The van der Waals surface area contributed by atoms with Crippen molar-refractivity contribution in [3.63, 3.8) is 0 Å². The molecule has 1 aromatic carbocycles. The first-order valence-corrected chi connectivity index (χ1v) is 9.51. The fraction of sp³-hybridized carbons (Fsp3) is 0.556. The SMILES string of the molecule is CC(C)N1CCC(N(C)C(=O)CSc2nc3ccccc3o2)CC1. The maximum Gasteiger partial charge on any atom is 0.257 e. The molecule has 24 heavy (non-hydrogen) atoms. The lowest BCUT2D eigenvalue weighted by molar-refractivity contribution is -0.130. The van der Waals surface area contributed by atoms with E-state index in [-0.39, 0.29) is 5.91 Å². The Balaban J connectivity index is 1.51. The van der Waals surface area contributed by atoms with Crippen molar-refractivity contribution >= 4 is 28.8 Å². The van der Waals surface area contributed by atoms with Crippen LogP contribution in [0.15, 0.2) is 33.9 Å². The largest absolute Gasteiger partial charge is 0.431 e. The lowest BCUT2D eigenvalue weighted by atomic mass is 10.0. The fourth-order valence-corrected chi connectivity index (χ4v) is 3.89. The van der Waals surface area contributed by atoms with Crippen LogP contribution in [0.1, 0.15) is 26.7 Å². The van der Waals surface area contributed by atoms with Gasteiger partial charge < -0.3 is 14.2 Å². The molecule has 2 aromatic rings. The molecular weight excluding hydrogens is 322 g/mol. The highest BCUT2D eigenvalue weighted by Gasteiger charge is 2.26. The number of para-hydroxylation sites is 2. The van der Waals surface area contributed by atoms with Crippen LogP contribution in [0.4, 0.5) is 0 Å². The second-order valence-corrected chi connectivity index (χ2v) is 7.53. The summed E-state index contributed by atoms with van der Waals surface area (Å²) in [6.45, 7) is 6.59. The Morgan fingerprint density at radius 3 is 2.75 bits per heavy atom. The standard InChI is InChI=1S/C18H25N3O2S/c1-13(2)21-10-8-14(9-11-21)20(3)17(22)12-24-18-19-15-6-4-5-7-16(15)23-18/h4-7,13-14H,8-12H2,1-3H3. The first kappa shape index (κ1) is 17.3. The Morgan fingerprint density at radius 1 is 1.38 bits per heavy atom. The first-order chi connectivity index (χ1) is 11.5. The number of amides is 1. The maximum atomic E-state index is 12.5. The van der Waals surface area contributed by atoms with Crippen molar-refractivity contribution in [2.24, 2.45) is 0 Å². The molecule has 6 heteroatoms. The zero-order valence-corrected chi connectivity index (χ0v) is 15.4. The van der Waals surface area contributed by atoms with E-state index in [0.717, 1.165) is 37.0 Å². The van der Waals surface area contributed by atoms with Crippen LogP contribution in [0.2, 0.25) is 0 Å². The van der Waals surface area contributed by atoms with Gasteiger partial charge in [0, 0.05) is 32.2 Å². The molecule has 0 radical (unpaired) electrons. The van der Waals surface area contributed by atoms with Crippen molar-refractivity contribution in [3.8, 4) is 0 Å². The van der Waals surface area contributed by atoms with E-state index in [9.17, 15) is 4.79 Å². The van der Waals surface area contributed by atoms with E-state index in [1.54, 1.807) is 0 Å². The number of fused-ring (bicyclic) bond motifs is 1. The van der Waals surface area contributed by atoms with Crippen molar-refractivity contribution < 1.29 is 9.21 Å². The van der Waals surface area contributed by atoms with Gasteiger partial charge >= 0.3 is 0 Å². The molecule has 0 aliphatic carbocycles. The summed E-state index contributed by atoms with van der Waals surface area (Å²) in [5.41, 5.74) is 1.60. The van der Waals surface area contributed by atoms with Crippen molar-refractivity contribution in [3.05, 3.63) is 24.3 Å². The van der Waals surface area contributed by atoms with Gasteiger partial charge in [0.1, 0.15) is 5.52 Å². The van der Waals surface area contributed by atoms with E-state index in [2.05, 4.69) is 23.7 Å². The van der Waals surface area contributed by atoms with Gasteiger partial charge in [0.15, 0.2) is 5.58 Å². The van der Waals surface area contributed by atoms with E-state index in [1.165, 1.54) is 11.8 Å². The Hall–Kier alpha value is -1.53. The number of nitrogens with zero attached hydrogens (tertiary/aromatic N) is 3. The topological polar surface area (TPSA) is 49.6 Å². The molecule has 0 bridgehead atoms. The van der Waals surface area contributed by atoms with Crippen molar-refractivity contribution in [1.29, 1.82) is 0 Å². The van der Waals surface area contributed by atoms with E-state index < -0.39 is 0 Å². The summed E-state index contributed by atoms with van der Waals surface area (Å²) in [4.78, 5) is 21.3. The molecule has 1 saturated heterocycles. The summed E-state index contributed by atoms with van der Waals surface area (Å²) >= 11 is 1.37. The predicted molar refractivity (Wildman–Crippen MR) is 97.2 cm³/mol. The number of thioether (sulfide) groups is 1. The molecule has 2 heterocycles. The van der Waals surface area contributed by atoms with Crippen LogP contribution >= 0.6 is 11.8 Å². The second-order valence-electron chi connectivity index (χ2n) is 6.60. The van der Waals surface area contributed by atoms with Crippen LogP contribution in [-0.2, 0) is 4.79 Å². The zero-order valence-electron chi connectivity index (χ0n) is 14.6. The average molecular weight is 347 g/mol. The third-order valence-corrected chi connectivity index (χ3v) is 5.58. The molecule has 130 valence electrons. The number of hydrogen-bond donors (Lipinski definition) is 0. The smallest absolute Gasteiger partial charge is 0.257 e. The summed E-state index contributed by atoms with van der Waals surface area (Å²) in [6, 6.07) is 8.59. The minimum atomic E-state index is 0.144. The maximum absolute atomic E-state index is 12.5. The molecule has 0 atom stereocenters. The molecule has 0 saturated carbocycles. The molecule has 1 amide bonds. The van der Waals surface area contributed by atoms with Gasteiger partial charge in [0.2, 0.25) is 5.91 Å². The molecule has 1 aliphatic heterocycles. The quantitative estimate of drug-likeness (QED) is 0.777. The average Bonchev–Trinajstić information content (AvgIpc) is 3.02. The van der Waals surface area contributed by atoms with E-state index in [1.807, 2.05) is 36.2 Å². The van der Waals surface area contributed by atoms with Gasteiger partial charge in [0.05, 0.1) is 5.75 Å². The lowest BCUT2D eigenvalue weighted by Gasteiger charge is -2.38. The van der Waals surface area contributed by atoms with Gasteiger partial charge in [0.25, 0.3) is 5.22 Å². The number of carbonyl (C=O) groups is 1. The fourth-order valence-electron chi connectivity index (χ4n) is 3.13. The molecule has 3 rings (SSSR count). The number of piperidine rings is 1. The Bertz CT molecular complexity index is 659. The van der Waals surface area contributed by atoms with E-state index in [4.69, 9.17) is 4.42 Å². The highest BCUT2D eigenvalue weighted by Crippen LogP contribution is 2.24. The predicted octanol–water partition coefficient (Wildman–Crippen LogP) is 3.25. The van der Waals surface area contributed by atoms with Gasteiger partial charge in [-0.05, 0) is 38.8 Å².